The summed E-state index contributed by atoms with van der Waals surface area (Å²) in [6, 6.07) is 72.7. The highest BCUT2D eigenvalue weighted by atomic mass is 16.3. The van der Waals surface area contributed by atoms with Gasteiger partial charge in [0.25, 0.3) is 0 Å². The van der Waals surface area contributed by atoms with E-state index in [1.807, 2.05) is 24.3 Å². The number of nitrogens with zero attached hydrogens (tertiary/aromatic N) is 3. The van der Waals surface area contributed by atoms with Gasteiger partial charge >= 0.3 is 0 Å². The number of para-hydroxylation sites is 2. The molecule has 0 amide bonds. The van der Waals surface area contributed by atoms with Gasteiger partial charge in [0.05, 0.1) is 22.8 Å². The molecule has 12 rings (SSSR count). The Morgan fingerprint density at radius 2 is 1.14 bits per heavy atom. The van der Waals surface area contributed by atoms with E-state index in [1.54, 1.807) is 0 Å². The third kappa shape index (κ3) is 6.22. The average Bonchev–Trinajstić information content (AvgIpc) is 3.89. The summed E-state index contributed by atoms with van der Waals surface area (Å²) in [6.07, 6.45) is 1.94. The predicted octanol–water partition coefficient (Wildman–Crippen LogP) is 16.0. The van der Waals surface area contributed by atoms with Crippen molar-refractivity contribution in [2.45, 2.75) is 13.0 Å². The Balaban J connectivity index is 1.10. The molecule has 2 heterocycles. The Labute approximate surface area is 370 Å². The van der Waals surface area contributed by atoms with Gasteiger partial charge in [0, 0.05) is 44.4 Å². The summed E-state index contributed by atoms with van der Waals surface area (Å²) in [6.45, 7) is 6.47. The standard InChI is InChI=1S/C60H41N3O/c1-3-54(52-34-44-21-9-10-22-46(44)47-23-11-12-24-48(47)52)62-60(41-31-29-40(30-32-41)39-17-5-4-6-18-39)61-38(2)51-36-45(37-58-59(51)50-26-14-16-28-57(50)64-58)63-55-27-15-13-25-49(55)53-33-42-19-7-8-20-43(42)35-56(53)63/h3-37,54H,1H2,2H3/t54-/m0/s1. The molecule has 0 unspecified atom stereocenters. The van der Waals surface area contributed by atoms with Crippen LogP contribution in [0.4, 0.5) is 0 Å². The molecular weight excluding hydrogens is 779 g/mol. The quantitative estimate of drug-likeness (QED) is 0.0683. The molecule has 0 spiro atoms. The predicted molar refractivity (Wildman–Crippen MR) is 271 cm³/mol. The van der Waals surface area contributed by atoms with E-state index in [2.05, 4.69) is 206 Å². The van der Waals surface area contributed by atoms with Crippen molar-refractivity contribution in [2.75, 3.05) is 0 Å². The van der Waals surface area contributed by atoms with Crippen molar-refractivity contribution >= 4 is 87.6 Å². The number of aromatic nitrogens is 1. The van der Waals surface area contributed by atoms with Gasteiger partial charge in [-0.2, -0.15) is 0 Å². The molecule has 64 heavy (non-hydrogen) atoms. The van der Waals surface area contributed by atoms with Crippen molar-refractivity contribution in [3.8, 4) is 16.8 Å². The van der Waals surface area contributed by atoms with Crippen molar-refractivity contribution in [2.24, 2.45) is 9.98 Å². The molecule has 0 aliphatic carbocycles. The largest absolute Gasteiger partial charge is 0.456 e. The van der Waals surface area contributed by atoms with Gasteiger partial charge < -0.3 is 8.98 Å². The van der Waals surface area contributed by atoms with Gasteiger partial charge in [-0.05, 0) is 92.3 Å². The molecule has 0 fully saturated rings. The molecule has 0 radical (unpaired) electrons. The number of fused-ring (bicyclic) bond motifs is 10. The number of benzene rings is 10. The lowest BCUT2D eigenvalue weighted by molar-refractivity contribution is 0.668. The fourth-order valence-corrected chi connectivity index (χ4v) is 9.73. The van der Waals surface area contributed by atoms with Crippen LogP contribution in [0, 0.1) is 0 Å². The Morgan fingerprint density at radius 1 is 0.516 bits per heavy atom. The monoisotopic (exact) mass is 819 g/mol. The number of furan rings is 1. The lowest BCUT2D eigenvalue weighted by Crippen LogP contribution is -2.08. The van der Waals surface area contributed by atoms with Gasteiger partial charge in [-0.15, -0.1) is 6.58 Å². The minimum absolute atomic E-state index is 0.386. The molecule has 0 aliphatic heterocycles. The number of aliphatic imine (C=N–C) groups is 2. The highest BCUT2D eigenvalue weighted by molar-refractivity contribution is 6.22. The van der Waals surface area contributed by atoms with E-state index < -0.39 is 0 Å². The third-order valence-corrected chi connectivity index (χ3v) is 12.8. The van der Waals surface area contributed by atoms with Crippen LogP contribution < -0.4 is 0 Å². The molecule has 0 saturated heterocycles. The molecule has 302 valence electrons. The van der Waals surface area contributed by atoms with Crippen molar-refractivity contribution in [1.29, 1.82) is 0 Å². The number of hydrogen-bond donors (Lipinski definition) is 0. The van der Waals surface area contributed by atoms with Crippen LogP contribution >= 0.6 is 0 Å². The molecule has 0 N–H and O–H groups in total. The van der Waals surface area contributed by atoms with Gasteiger partial charge in [-0.3, -0.25) is 4.99 Å². The average molecular weight is 820 g/mol. The number of rotatable bonds is 7. The van der Waals surface area contributed by atoms with Crippen molar-refractivity contribution < 1.29 is 4.42 Å². The summed E-state index contributed by atoms with van der Waals surface area (Å²) in [5.74, 6) is 0.619. The molecular formula is C60H41N3O. The maximum Gasteiger partial charge on any atom is 0.155 e. The highest BCUT2D eigenvalue weighted by Gasteiger charge is 2.21. The summed E-state index contributed by atoms with van der Waals surface area (Å²) in [7, 11) is 0. The fourth-order valence-electron chi connectivity index (χ4n) is 9.73. The van der Waals surface area contributed by atoms with E-state index in [1.165, 1.54) is 32.3 Å². The minimum atomic E-state index is -0.386. The van der Waals surface area contributed by atoms with Crippen LogP contribution in [0.2, 0.25) is 0 Å². The summed E-state index contributed by atoms with van der Waals surface area (Å²) in [5, 5.41) is 11.6. The molecule has 4 heteroatoms. The van der Waals surface area contributed by atoms with Crippen molar-refractivity contribution in [3.05, 3.63) is 236 Å². The van der Waals surface area contributed by atoms with E-state index in [0.29, 0.717) is 5.84 Å². The van der Waals surface area contributed by atoms with Crippen molar-refractivity contribution in [1.82, 2.24) is 4.57 Å². The summed E-state index contributed by atoms with van der Waals surface area (Å²) in [4.78, 5) is 11.1. The first kappa shape index (κ1) is 37.4. The molecule has 4 nitrogen and oxygen atoms in total. The van der Waals surface area contributed by atoms with E-state index in [-0.39, 0.29) is 6.04 Å². The zero-order valence-corrected chi connectivity index (χ0v) is 35.2. The molecule has 0 bridgehead atoms. The van der Waals surface area contributed by atoms with Gasteiger partial charge in [0.2, 0.25) is 0 Å². The molecule has 0 aliphatic rings. The molecule has 1 atom stereocenters. The second-order valence-corrected chi connectivity index (χ2v) is 16.5. The zero-order valence-electron chi connectivity index (χ0n) is 35.2. The van der Waals surface area contributed by atoms with Crippen molar-refractivity contribution in [3.63, 3.8) is 0 Å². The van der Waals surface area contributed by atoms with Gasteiger partial charge in [0.15, 0.2) is 5.84 Å². The Morgan fingerprint density at radius 3 is 1.92 bits per heavy atom. The number of amidine groups is 1. The minimum Gasteiger partial charge on any atom is -0.456 e. The normalized spacial score (nSPS) is 13.0. The second-order valence-electron chi connectivity index (χ2n) is 16.5. The van der Waals surface area contributed by atoms with E-state index in [4.69, 9.17) is 14.4 Å². The van der Waals surface area contributed by atoms with Gasteiger partial charge in [-0.25, -0.2) is 4.99 Å². The van der Waals surface area contributed by atoms with Gasteiger partial charge in [0.1, 0.15) is 11.2 Å². The van der Waals surface area contributed by atoms with Crippen LogP contribution in [0.5, 0.6) is 0 Å². The Hall–Kier alpha value is -8.34. The van der Waals surface area contributed by atoms with E-state index >= 15 is 0 Å². The van der Waals surface area contributed by atoms with Crippen LogP contribution in [0.1, 0.15) is 29.7 Å². The molecule has 12 aromatic rings. The van der Waals surface area contributed by atoms with Crippen LogP contribution in [-0.4, -0.2) is 16.1 Å². The SMILES string of the molecule is C=C[C@H](N=C(N=C(C)c1cc(-n2c3ccccc3c3cc4ccccc4cc32)cc2oc3ccccc3c12)c1ccc(-c2ccccc2)cc1)c1cc2ccccc2c2ccccc12. The van der Waals surface area contributed by atoms with Crippen LogP contribution in [-0.2, 0) is 0 Å². The summed E-state index contributed by atoms with van der Waals surface area (Å²) < 4.78 is 9.10. The van der Waals surface area contributed by atoms with Crippen LogP contribution in [0.25, 0.3) is 92.9 Å². The second kappa shape index (κ2) is 15.2. The van der Waals surface area contributed by atoms with E-state index in [0.717, 1.165) is 83.0 Å². The summed E-state index contributed by atoms with van der Waals surface area (Å²) >= 11 is 0. The maximum absolute atomic E-state index is 6.73. The maximum atomic E-state index is 6.73. The molecule has 2 aromatic heterocycles. The van der Waals surface area contributed by atoms with E-state index in [9.17, 15) is 0 Å². The lowest BCUT2D eigenvalue weighted by Gasteiger charge is -2.16. The van der Waals surface area contributed by atoms with Crippen LogP contribution in [0.15, 0.2) is 233 Å². The molecule has 10 aromatic carbocycles. The third-order valence-electron chi connectivity index (χ3n) is 12.8. The number of hydrogen-bond acceptors (Lipinski definition) is 2. The first-order valence-corrected chi connectivity index (χ1v) is 21.8. The Kier molecular flexibility index (Phi) is 8.91. The zero-order chi connectivity index (χ0) is 42.7. The first-order valence-electron chi connectivity index (χ1n) is 21.8. The fraction of sp³-hybridized carbons (Fsp3) is 0.0333. The lowest BCUT2D eigenvalue weighted by atomic mass is 9.93. The smallest absolute Gasteiger partial charge is 0.155 e. The Bertz CT molecular complexity index is 3870. The summed E-state index contributed by atoms with van der Waals surface area (Å²) in [5.41, 5.74) is 11.0. The van der Waals surface area contributed by atoms with Gasteiger partial charge in [-0.1, -0.05) is 170 Å². The topological polar surface area (TPSA) is 42.8 Å². The first-order chi connectivity index (χ1) is 31.6. The van der Waals surface area contributed by atoms with Crippen LogP contribution in [0.3, 0.4) is 0 Å². The molecule has 0 saturated carbocycles. The highest BCUT2D eigenvalue weighted by Crippen LogP contribution is 2.40.